The Morgan fingerprint density at radius 2 is 0.382 bits per heavy atom. The summed E-state index contributed by atoms with van der Waals surface area (Å²) in [6.45, 7) is 7.74. The molecule has 0 aliphatic carbocycles. The summed E-state index contributed by atoms with van der Waals surface area (Å²) in [5.74, 6) is 2.91. The van der Waals surface area contributed by atoms with Crippen LogP contribution in [0.25, 0.3) is 0 Å². The normalized spacial score (nSPS) is 18.4. The van der Waals surface area contributed by atoms with Crippen LogP contribution < -0.4 is 37.9 Å². The molecule has 3 aliphatic rings. The molecule has 0 bridgehead atoms. The third kappa shape index (κ3) is 16.2. The average molecular weight is 949 g/mol. The van der Waals surface area contributed by atoms with Gasteiger partial charge in [0, 0.05) is 22.3 Å². The minimum absolute atomic E-state index is 0.162. The maximum absolute atomic E-state index is 13.9. The summed E-state index contributed by atoms with van der Waals surface area (Å²) in [7, 11) is 0. The van der Waals surface area contributed by atoms with Crippen molar-refractivity contribution in [2.75, 3.05) is 159 Å². The zero-order valence-corrected chi connectivity index (χ0v) is 38.2. The standard InChI is InChI=1S/C50H60O18/c51-49(37-1-5-41-45(33-37)65-29-21-57-15-11-53-9-13-55-17-25-61-41)39-3-7-43-47(35-39)67-31-23-59-20-28-64-44-8-4-40(36-48(44)68-32-24-60-19-27-63-43)50(52)38-2-6-42-46(34-38)66-30-22-58-16-12-54-10-14-56-18-26-62-42/h1-8,33-36H,9-32H2. The van der Waals surface area contributed by atoms with E-state index >= 15 is 0 Å². The lowest BCUT2D eigenvalue weighted by Gasteiger charge is -2.17. The van der Waals surface area contributed by atoms with Crippen molar-refractivity contribution < 1.29 is 85.4 Å². The lowest BCUT2D eigenvalue weighted by atomic mass is 10.0. The van der Waals surface area contributed by atoms with Gasteiger partial charge in [-0.2, -0.15) is 0 Å². The average Bonchev–Trinajstić information content (AvgIpc) is 3.38. The summed E-state index contributed by atoms with van der Waals surface area (Å²) in [4.78, 5) is 27.8. The van der Waals surface area contributed by atoms with Crippen molar-refractivity contribution in [1.82, 2.24) is 0 Å². The lowest BCUT2D eigenvalue weighted by Crippen LogP contribution is -2.16. The lowest BCUT2D eigenvalue weighted by molar-refractivity contribution is 0.00708. The summed E-state index contributed by atoms with van der Waals surface area (Å²) in [6.07, 6.45) is 0. The van der Waals surface area contributed by atoms with E-state index in [1.807, 2.05) is 0 Å². The molecule has 18 nitrogen and oxygen atoms in total. The second kappa shape index (κ2) is 28.6. The smallest absolute Gasteiger partial charge is 0.193 e. The van der Waals surface area contributed by atoms with Gasteiger partial charge >= 0.3 is 0 Å². The van der Waals surface area contributed by atoms with Gasteiger partial charge in [0.15, 0.2) is 57.6 Å². The Kier molecular flexibility index (Phi) is 21.1. The van der Waals surface area contributed by atoms with E-state index in [4.69, 9.17) is 75.8 Å². The van der Waals surface area contributed by atoms with Crippen molar-refractivity contribution in [3.05, 3.63) is 95.1 Å². The largest absolute Gasteiger partial charge is 0.487 e. The van der Waals surface area contributed by atoms with Crippen LogP contribution in [-0.4, -0.2) is 170 Å². The molecule has 0 aromatic heterocycles. The molecule has 4 aromatic rings. The Hall–Kier alpha value is -5.70. The first-order valence-corrected chi connectivity index (χ1v) is 22.9. The van der Waals surface area contributed by atoms with Crippen LogP contribution in [0.2, 0.25) is 0 Å². The summed E-state index contributed by atoms with van der Waals surface area (Å²) >= 11 is 0. The van der Waals surface area contributed by atoms with Crippen molar-refractivity contribution in [1.29, 1.82) is 0 Å². The molecule has 0 amide bonds. The number of carbonyl (C=O) groups excluding carboxylic acids is 2. The molecule has 0 atom stereocenters. The summed E-state index contributed by atoms with van der Waals surface area (Å²) in [6, 6.07) is 20.2. The topological polar surface area (TPSA) is 182 Å². The van der Waals surface area contributed by atoms with Crippen LogP contribution in [0.5, 0.6) is 46.0 Å². The SMILES string of the molecule is O=C(c1ccc2c(c1)OCCOCCOCCOCCO2)c1ccc2c(c1)OCCOCCOc1ccc(C(=O)c3ccc4c(c3)OCCOCCOCCOCCO4)cc1OCCOCCO2. The van der Waals surface area contributed by atoms with Gasteiger partial charge in [-0.1, -0.05) is 0 Å². The van der Waals surface area contributed by atoms with Gasteiger partial charge in [0.05, 0.1) is 106 Å². The van der Waals surface area contributed by atoms with E-state index in [0.717, 1.165) is 0 Å². The van der Waals surface area contributed by atoms with Crippen molar-refractivity contribution in [3.63, 3.8) is 0 Å². The predicted octanol–water partition coefficient (Wildman–Crippen LogP) is 5.05. The molecule has 0 saturated carbocycles. The Balaban J connectivity index is 0.958. The van der Waals surface area contributed by atoms with Crippen LogP contribution >= 0.6 is 0 Å². The minimum Gasteiger partial charge on any atom is -0.487 e. The molecule has 368 valence electrons. The number of benzene rings is 4. The van der Waals surface area contributed by atoms with Gasteiger partial charge in [0.1, 0.15) is 52.9 Å². The minimum atomic E-state index is -0.251. The van der Waals surface area contributed by atoms with Crippen molar-refractivity contribution in [3.8, 4) is 46.0 Å². The molecule has 0 fully saturated rings. The van der Waals surface area contributed by atoms with Gasteiger partial charge in [0.2, 0.25) is 0 Å². The van der Waals surface area contributed by atoms with E-state index in [0.29, 0.717) is 161 Å². The fourth-order valence-electron chi connectivity index (χ4n) is 6.83. The van der Waals surface area contributed by atoms with Gasteiger partial charge in [0.25, 0.3) is 0 Å². The molecule has 7 rings (SSSR count). The fourth-order valence-corrected chi connectivity index (χ4v) is 6.83. The molecular formula is C50H60O18. The number of ketones is 2. The molecule has 3 aliphatic heterocycles. The van der Waals surface area contributed by atoms with Gasteiger partial charge in [-0.25, -0.2) is 0 Å². The van der Waals surface area contributed by atoms with E-state index in [1.54, 1.807) is 72.8 Å². The highest BCUT2D eigenvalue weighted by molar-refractivity contribution is 6.10. The van der Waals surface area contributed by atoms with Crippen LogP contribution in [0.3, 0.4) is 0 Å². The molecule has 0 unspecified atom stereocenters. The summed E-state index contributed by atoms with van der Waals surface area (Å²) < 4.78 is 93.2. The molecule has 0 saturated heterocycles. The number of hydrogen-bond acceptors (Lipinski definition) is 18. The predicted molar refractivity (Wildman–Crippen MR) is 243 cm³/mol. The molecule has 0 spiro atoms. The zero-order chi connectivity index (χ0) is 46.9. The van der Waals surface area contributed by atoms with E-state index in [2.05, 4.69) is 0 Å². The number of carbonyl (C=O) groups is 2. The van der Waals surface area contributed by atoms with Crippen LogP contribution in [0, 0.1) is 0 Å². The second-order valence-corrected chi connectivity index (χ2v) is 15.0. The van der Waals surface area contributed by atoms with Crippen LogP contribution in [0.4, 0.5) is 0 Å². The number of fused-ring (bicyclic) bond motifs is 4. The Morgan fingerprint density at radius 3 is 0.574 bits per heavy atom. The van der Waals surface area contributed by atoms with Crippen molar-refractivity contribution in [2.24, 2.45) is 0 Å². The molecule has 0 radical (unpaired) electrons. The van der Waals surface area contributed by atoms with Gasteiger partial charge < -0.3 is 75.8 Å². The highest BCUT2D eigenvalue weighted by atomic mass is 16.6. The molecule has 3 heterocycles. The molecule has 18 heteroatoms. The maximum atomic E-state index is 13.9. The number of ether oxygens (including phenoxy) is 16. The van der Waals surface area contributed by atoms with E-state index in [-0.39, 0.29) is 77.6 Å². The van der Waals surface area contributed by atoms with Gasteiger partial charge in [-0.3, -0.25) is 9.59 Å². The Morgan fingerprint density at radius 1 is 0.221 bits per heavy atom. The third-order valence-corrected chi connectivity index (χ3v) is 10.2. The Labute approximate surface area is 395 Å². The molecule has 68 heavy (non-hydrogen) atoms. The summed E-state index contributed by atoms with van der Waals surface area (Å²) in [5, 5.41) is 0. The first-order chi connectivity index (χ1) is 33.6. The highest BCUT2D eigenvalue weighted by Crippen LogP contribution is 2.34. The first kappa shape index (κ1) is 50.2. The van der Waals surface area contributed by atoms with Gasteiger partial charge in [-0.15, -0.1) is 0 Å². The Bertz CT molecular complexity index is 2010. The monoisotopic (exact) mass is 948 g/mol. The molecule has 4 aromatic carbocycles. The van der Waals surface area contributed by atoms with Crippen molar-refractivity contribution in [2.45, 2.75) is 0 Å². The van der Waals surface area contributed by atoms with Crippen LogP contribution in [0.1, 0.15) is 31.8 Å². The maximum Gasteiger partial charge on any atom is 0.193 e. The third-order valence-electron chi connectivity index (χ3n) is 10.2. The van der Waals surface area contributed by atoms with Gasteiger partial charge in [-0.05, 0) is 72.8 Å². The van der Waals surface area contributed by atoms with E-state index in [9.17, 15) is 9.59 Å². The molecule has 0 N–H and O–H groups in total. The fraction of sp³-hybridized carbons (Fsp3) is 0.480. The quantitative estimate of drug-likeness (QED) is 0.248. The highest BCUT2D eigenvalue weighted by Gasteiger charge is 2.20. The summed E-state index contributed by atoms with van der Waals surface area (Å²) in [5.41, 5.74) is 1.56. The second-order valence-electron chi connectivity index (χ2n) is 15.0. The van der Waals surface area contributed by atoms with Crippen molar-refractivity contribution >= 4 is 11.6 Å². The number of hydrogen-bond donors (Lipinski definition) is 0. The first-order valence-electron chi connectivity index (χ1n) is 22.9. The van der Waals surface area contributed by atoms with Crippen LogP contribution in [-0.2, 0) is 37.9 Å². The zero-order valence-electron chi connectivity index (χ0n) is 38.2. The van der Waals surface area contributed by atoms with E-state index < -0.39 is 0 Å². The van der Waals surface area contributed by atoms with Crippen LogP contribution in [0.15, 0.2) is 72.8 Å². The van der Waals surface area contributed by atoms with E-state index in [1.165, 1.54) is 0 Å². The molecular weight excluding hydrogens is 889 g/mol. The number of rotatable bonds is 4.